The van der Waals surface area contributed by atoms with Crippen LogP contribution < -0.4 is 16.0 Å². The summed E-state index contributed by atoms with van der Waals surface area (Å²) < 4.78 is 26.3. The second-order valence-electron chi connectivity index (χ2n) is 3.68. The summed E-state index contributed by atoms with van der Waals surface area (Å²) in [5.41, 5.74) is -1.79. The fourth-order valence-electron chi connectivity index (χ4n) is 1.52. The third kappa shape index (κ3) is 2.71. The molecule has 0 aromatic carbocycles. The monoisotopic (exact) mass is 282 g/mol. The largest absolute Gasteiger partial charge is 0.325 e. The van der Waals surface area contributed by atoms with E-state index in [2.05, 4.69) is 14.7 Å². The van der Waals surface area contributed by atoms with E-state index in [0.717, 1.165) is 0 Å². The lowest BCUT2D eigenvalue weighted by Gasteiger charge is -2.07. The molecule has 0 aliphatic carbocycles. The van der Waals surface area contributed by atoms with Gasteiger partial charge in [-0.25, -0.2) is 18.2 Å². The minimum Gasteiger partial charge on any atom is -0.310 e. The Bertz CT molecular complexity index is 807. The summed E-state index contributed by atoms with van der Waals surface area (Å²) in [7, 11) is -4.12. The van der Waals surface area contributed by atoms with E-state index in [4.69, 9.17) is 0 Å². The number of hydrogen-bond acceptors (Lipinski definition) is 5. The maximum atomic E-state index is 12.1. The first-order valence-corrected chi connectivity index (χ1v) is 6.65. The Kier molecular flexibility index (Phi) is 3.21. The third-order valence-corrected chi connectivity index (χ3v) is 3.75. The molecule has 0 aliphatic heterocycles. The Morgan fingerprint density at radius 3 is 2.53 bits per heavy atom. The van der Waals surface area contributed by atoms with Crippen molar-refractivity contribution < 1.29 is 8.42 Å². The molecule has 2 rings (SSSR count). The summed E-state index contributed by atoms with van der Waals surface area (Å²) >= 11 is 0. The highest BCUT2D eigenvalue weighted by atomic mass is 32.2. The molecule has 0 aliphatic rings. The van der Waals surface area contributed by atoms with Crippen LogP contribution in [-0.4, -0.2) is 23.4 Å². The standard InChI is InChI=1S/C10H10N4O4S/c1-6-8(9(15)13-10(16)12-6)19(17,18)14-7-4-2-3-5-11-7/h2-5H,1H3,(H,11,14)(H2,12,13,15,16). The SMILES string of the molecule is Cc1[nH]c(=O)[nH]c(=O)c1S(=O)(=O)Nc1ccccn1. The maximum absolute atomic E-state index is 12.1. The van der Waals surface area contributed by atoms with Gasteiger partial charge in [-0.2, -0.15) is 0 Å². The molecule has 3 N–H and O–H groups in total. The Morgan fingerprint density at radius 2 is 1.95 bits per heavy atom. The second-order valence-corrected chi connectivity index (χ2v) is 5.30. The molecular weight excluding hydrogens is 272 g/mol. The zero-order valence-electron chi connectivity index (χ0n) is 9.80. The van der Waals surface area contributed by atoms with E-state index in [-0.39, 0.29) is 11.5 Å². The molecule has 100 valence electrons. The van der Waals surface area contributed by atoms with Crippen LogP contribution in [0.15, 0.2) is 38.9 Å². The molecular formula is C10H10N4O4S. The van der Waals surface area contributed by atoms with E-state index in [0.29, 0.717) is 0 Å². The van der Waals surface area contributed by atoms with Gasteiger partial charge in [0.1, 0.15) is 5.82 Å². The molecule has 0 fully saturated rings. The minimum atomic E-state index is -4.12. The van der Waals surface area contributed by atoms with Gasteiger partial charge in [-0.05, 0) is 19.1 Å². The predicted molar refractivity (Wildman–Crippen MR) is 67.5 cm³/mol. The Hall–Kier alpha value is -2.42. The lowest BCUT2D eigenvalue weighted by Crippen LogP contribution is -2.31. The van der Waals surface area contributed by atoms with Crippen LogP contribution in [0, 0.1) is 6.92 Å². The van der Waals surface area contributed by atoms with E-state index in [9.17, 15) is 18.0 Å². The molecule has 0 atom stereocenters. The van der Waals surface area contributed by atoms with Crippen molar-refractivity contribution >= 4 is 15.8 Å². The molecule has 2 aromatic heterocycles. The first-order valence-electron chi connectivity index (χ1n) is 5.17. The van der Waals surface area contributed by atoms with Crippen molar-refractivity contribution in [3.8, 4) is 0 Å². The number of nitrogens with zero attached hydrogens (tertiary/aromatic N) is 1. The van der Waals surface area contributed by atoms with Gasteiger partial charge in [0, 0.05) is 11.9 Å². The van der Waals surface area contributed by atoms with E-state index >= 15 is 0 Å². The second kappa shape index (κ2) is 4.69. The minimum absolute atomic E-state index is 0.0443. The van der Waals surface area contributed by atoms with Crippen molar-refractivity contribution in [2.24, 2.45) is 0 Å². The summed E-state index contributed by atoms with van der Waals surface area (Å²) in [4.78, 5) is 29.9. The number of sulfonamides is 1. The van der Waals surface area contributed by atoms with Crippen molar-refractivity contribution in [2.75, 3.05) is 4.72 Å². The van der Waals surface area contributed by atoms with E-state index in [1.807, 2.05) is 4.98 Å². The highest BCUT2D eigenvalue weighted by Gasteiger charge is 2.22. The summed E-state index contributed by atoms with van der Waals surface area (Å²) in [6, 6.07) is 4.65. The summed E-state index contributed by atoms with van der Waals surface area (Å²) in [6.07, 6.45) is 1.40. The fraction of sp³-hybridized carbons (Fsp3) is 0.100. The first-order chi connectivity index (χ1) is 8.90. The third-order valence-electron chi connectivity index (χ3n) is 2.25. The van der Waals surface area contributed by atoms with Crippen molar-refractivity contribution in [2.45, 2.75) is 11.8 Å². The van der Waals surface area contributed by atoms with Gasteiger partial charge in [0.05, 0.1) is 0 Å². The molecule has 0 saturated heterocycles. The number of anilines is 1. The van der Waals surface area contributed by atoms with Gasteiger partial charge in [-0.3, -0.25) is 14.5 Å². The lowest BCUT2D eigenvalue weighted by molar-refractivity contribution is 0.597. The quantitative estimate of drug-likeness (QED) is 0.704. The molecule has 0 spiro atoms. The predicted octanol–water partition coefficient (Wildman–Crippen LogP) is -0.433. The number of hydrogen-bond donors (Lipinski definition) is 3. The molecule has 9 heteroatoms. The molecule has 19 heavy (non-hydrogen) atoms. The van der Waals surface area contributed by atoms with Gasteiger partial charge >= 0.3 is 5.69 Å². The maximum Gasteiger partial charge on any atom is 0.325 e. The molecule has 8 nitrogen and oxygen atoms in total. The van der Waals surface area contributed by atoms with Gasteiger partial charge in [0.25, 0.3) is 15.6 Å². The van der Waals surface area contributed by atoms with Crippen molar-refractivity contribution in [1.29, 1.82) is 0 Å². The lowest BCUT2D eigenvalue weighted by atomic mass is 10.4. The fourth-order valence-corrected chi connectivity index (χ4v) is 2.77. The van der Waals surface area contributed by atoms with Crippen LogP contribution in [0.5, 0.6) is 0 Å². The van der Waals surface area contributed by atoms with Crippen LogP contribution in [0.2, 0.25) is 0 Å². The molecule has 2 aromatic rings. The molecule has 2 heterocycles. The number of nitrogens with one attached hydrogen (secondary N) is 3. The van der Waals surface area contributed by atoms with E-state index < -0.39 is 26.2 Å². The number of H-pyrrole nitrogens is 2. The van der Waals surface area contributed by atoms with E-state index in [1.54, 1.807) is 12.1 Å². The van der Waals surface area contributed by atoms with Gasteiger partial charge in [0.15, 0.2) is 4.90 Å². The van der Waals surface area contributed by atoms with Crippen LogP contribution in [0.1, 0.15) is 5.69 Å². The highest BCUT2D eigenvalue weighted by molar-refractivity contribution is 7.92. The average Bonchev–Trinajstić information content (AvgIpc) is 2.27. The van der Waals surface area contributed by atoms with Crippen LogP contribution in [0.3, 0.4) is 0 Å². The van der Waals surface area contributed by atoms with Gasteiger partial charge in [0.2, 0.25) is 0 Å². The number of aromatic amines is 2. The van der Waals surface area contributed by atoms with Crippen LogP contribution >= 0.6 is 0 Å². The number of aryl methyl sites for hydroxylation is 1. The smallest absolute Gasteiger partial charge is 0.310 e. The first kappa shape index (κ1) is 13.0. The van der Waals surface area contributed by atoms with Gasteiger partial charge in [-0.15, -0.1) is 0 Å². The van der Waals surface area contributed by atoms with Crippen molar-refractivity contribution in [1.82, 2.24) is 15.0 Å². The van der Waals surface area contributed by atoms with Crippen LogP contribution in [0.25, 0.3) is 0 Å². The highest BCUT2D eigenvalue weighted by Crippen LogP contribution is 2.11. The summed E-state index contributed by atoms with van der Waals surface area (Å²) in [5.74, 6) is 0.0764. The zero-order valence-corrected chi connectivity index (χ0v) is 10.6. The van der Waals surface area contributed by atoms with Crippen molar-refractivity contribution in [3.63, 3.8) is 0 Å². The number of pyridine rings is 1. The molecule has 0 saturated carbocycles. The Morgan fingerprint density at radius 1 is 1.21 bits per heavy atom. The Balaban J connectivity index is 2.53. The molecule has 0 amide bonds. The van der Waals surface area contributed by atoms with Crippen LogP contribution in [0.4, 0.5) is 5.82 Å². The molecule has 0 unspecified atom stereocenters. The number of aromatic nitrogens is 3. The topological polar surface area (TPSA) is 125 Å². The Labute approximate surface area is 107 Å². The van der Waals surface area contributed by atoms with Gasteiger partial charge < -0.3 is 4.98 Å². The zero-order chi connectivity index (χ0) is 14.0. The number of rotatable bonds is 3. The molecule has 0 radical (unpaired) electrons. The average molecular weight is 282 g/mol. The summed E-state index contributed by atoms with van der Waals surface area (Å²) in [5, 5.41) is 0. The van der Waals surface area contributed by atoms with E-state index in [1.165, 1.54) is 19.2 Å². The van der Waals surface area contributed by atoms with Crippen LogP contribution in [-0.2, 0) is 10.0 Å². The van der Waals surface area contributed by atoms with Gasteiger partial charge in [-0.1, -0.05) is 6.07 Å². The molecule has 0 bridgehead atoms. The summed E-state index contributed by atoms with van der Waals surface area (Å²) in [6.45, 7) is 1.32. The van der Waals surface area contributed by atoms with Crippen molar-refractivity contribution in [3.05, 3.63) is 50.9 Å². The normalized spacial score (nSPS) is 11.2.